The van der Waals surface area contributed by atoms with E-state index in [1.807, 2.05) is 6.07 Å². The number of phosphoric acid groups is 1. The summed E-state index contributed by atoms with van der Waals surface area (Å²) in [6, 6.07) is 8.10. The molecule has 5 N–H and O–H groups in total. The third kappa shape index (κ3) is 15.1. The third-order valence-corrected chi connectivity index (χ3v) is 12.7. The van der Waals surface area contributed by atoms with Crippen LogP contribution in [0.15, 0.2) is 41.6 Å². The Kier molecular flexibility index (Phi) is 20.3. The van der Waals surface area contributed by atoms with E-state index in [-0.39, 0.29) is 41.8 Å². The molecule has 0 bridgehead atoms. The number of nitrogens with two attached hydrogens (primary N) is 1. The van der Waals surface area contributed by atoms with Crippen molar-refractivity contribution in [2.45, 2.75) is 151 Å². The standard InChI is InChI=1S/C41H63FN5O11PS/c1-3-4-5-6-7-8-9-10-11-12-13-14-15-16-17-18-21-54-26-33(27-55-25-31-22-32(42)24-34(23-31)60(2,52)53)58-59(50,51)56-28-36-38(48)39(49)41(29-43,57-36)37-20-19-35-40(44)45-30-46-47(35)37/h19-20,22-24,30,33,36,38-39,48-49H,3-18,21,25-28H2,1-2H3,(H,50,51)(H2,44,45,46)/t33-,36-,38-,39-,41+/m1/s1. The normalized spacial score (nSPS) is 21.0. The van der Waals surface area contributed by atoms with Gasteiger partial charge in [0.2, 0.25) is 5.60 Å². The Hall–Kier alpha value is -3.08. The summed E-state index contributed by atoms with van der Waals surface area (Å²) in [7, 11) is -8.65. The van der Waals surface area contributed by atoms with Crippen molar-refractivity contribution < 1.29 is 55.7 Å². The maximum absolute atomic E-state index is 14.2. The van der Waals surface area contributed by atoms with Crippen molar-refractivity contribution in [2.24, 2.45) is 0 Å². The van der Waals surface area contributed by atoms with Crippen LogP contribution in [0.4, 0.5) is 10.2 Å². The summed E-state index contributed by atoms with van der Waals surface area (Å²) in [5.41, 5.74) is 4.31. The number of hydrogen-bond acceptors (Lipinski definition) is 14. The second kappa shape index (κ2) is 24.5. The maximum Gasteiger partial charge on any atom is 0.472 e. The second-order valence-corrected chi connectivity index (χ2v) is 19.0. The number of benzene rings is 1. The summed E-state index contributed by atoms with van der Waals surface area (Å²) < 4.78 is 80.6. The van der Waals surface area contributed by atoms with E-state index in [0.29, 0.717) is 12.1 Å². The minimum Gasteiger partial charge on any atom is -0.387 e. The Morgan fingerprint density at radius 3 is 2.17 bits per heavy atom. The molecular formula is C41H63FN5O11PS. The van der Waals surface area contributed by atoms with Crippen LogP contribution in [-0.4, -0.2) is 95.2 Å². The molecule has 3 heterocycles. The average molecular weight is 884 g/mol. The molecule has 2 aromatic heterocycles. The molecule has 0 aliphatic carbocycles. The molecule has 1 aliphatic rings. The van der Waals surface area contributed by atoms with Crippen LogP contribution in [0.25, 0.3) is 5.52 Å². The van der Waals surface area contributed by atoms with Gasteiger partial charge in [-0.2, -0.15) is 10.4 Å². The maximum atomic E-state index is 14.2. The van der Waals surface area contributed by atoms with Gasteiger partial charge in [-0.15, -0.1) is 0 Å². The fraction of sp³-hybridized carbons (Fsp3) is 0.683. The number of halogens is 1. The molecule has 1 aromatic carbocycles. The van der Waals surface area contributed by atoms with Gasteiger partial charge >= 0.3 is 7.82 Å². The number of aromatic nitrogens is 3. The number of fused-ring (bicyclic) bond motifs is 1. The van der Waals surface area contributed by atoms with E-state index in [1.54, 1.807) is 0 Å². The van der Waals surface area contributed by atoms with Crippen LogP contribution in [0, 0.1) is 17.1 Å². The van der Waals surface area contributed by atoms with Crippen LogP contribution >= 0.6 is 7.82 Å². The van der Waals surface area contributed by atoms with E-state index in [1.165, 1.54) is 99.8 Å². The number of nitrogen functional groups attached to an aromatic ring is 1. The molecule has 60 heavy (non-hydrogen) atoms. The third-order valence-electron chi connectivity index (χ3n) is 10.5. The Labute approximate surface area is 353 Å². The van der Waals surface area contributed by atoms with Crippen molar-refractivity contribution in [3.8, 4) is 6.07 Å². The smallest absolute Gasteiger partial charge is 0.387 e. The van der Waals surface area contributed by atoms with Gasteiger partial charge in [-0.3, -0.25) is 9.05 Å². The highest BCUT2D eigenvalue weighted by atomic mass is 32.2. The SMILES string of the molecule is CCCCCCCCCCCCCCCCCCOC[C@H](COCc1cc(F)cc(S(C)(=O)=O)c1)OP(=O)(O)OC[C@H]1O[C@@](C#N)(c2ccc3c(N)ncnn23)[C@H](O)[C@@H]1O. The monoisotopic (exact) mass is 883 g/mol. The lowest BCUT2D eigenvalue weighted by atomic mass is 9.92. The first-order chi connectivity index (χ1) is 28.7. The number of sulfone groups is 1. The van der Waals surface area contributed by atoms with E-state index in [2.05, 4.69) is 17.0 Å². The van der Waals surface area contributed by atoms with Crippen LogP contribution in [0.3, 0.4) is 0 Å². The van der Waals surface area contributed by atoms with Crippen LogP contribution < -0.4 is 5.73 Å². The van der Waals surface area contributed by atoms with Crippen molar-refractivity contribution in [3.63, 3.8) is 0 Å². The van der Waals surface area contributed by atoms with Crippen LogP contribution in [0.5, 0.6) is 0 Å². The average Bonchev–Trinajstić information content (AvgIpc) is 3.75. The number of nitrogens with zero attached hydrogens (tertiary/aromatic N) is 4. The minimum absolute atomic E-state index is 0.0345. The highest BCUT2D eigenvalue weighted by Gasteiger charge is 2.58. The molecule has 0 amide bonds. The highest BCUT2D eigenvalue weighted by molar-refractivity contribution is 7.90. The topological polar surface area (TPSA) is 238 Å². The predicted molar refractivity (Wildman–Crippen MR) is 222 cm³/mol. The molecule has 1 aliphatic heterocycles. The lowest BCUT2D eigenvalue weighted by Crippen LogP contribution is -2.41. The first kappa shape index (κ1) is 49.6. The van der Waals surface area contributed by atoms with Gasteiger partial charge in [0.1, 0.15) is 48.1 Å². The zero-order valence-electron chi connectivity index (χ0n) is 34.8. The van der Waals surface area contributed by atoms with E-state index >= 15 is 0 Å². The Morgan fingerprint density at radius 2 is 1.57 bits per heavy atom. The van der Waals surface area contributed by atoms with Crippen molar-refractivity contribution in [1.82, 2.24) is 14.6 Å². The number of rotatable bonds is 30. The van der Waals surface area contributed by atoms with Gasteiger partial charge in [-0.25, -0.2) is 26.9 Å². The largest absolute Gasteiger partial charge is 0.472 e. The van der Waals surface area contributed by atoms with E-state index in [0.717, 1.165) is 50.4 Å². The molecule has 1 unspecified atom stereocenters. The number of aliphatic hydroxyl groups excluding tert-OH is 2. The lowest BCUT2D eigenvalue weighted by Gasteiger charge is -2.24. The van der Waals surface area contributed by atoms with Crippen molar-refractivity contribution in [3.05, 3.63) is 53.7 Å². The number of nitriles is 1. The summed E-state index contributed by atoms with van der Waals surface area (Å²) in [5.74, 6) is -0.679. The minimum atomic E-state index is -4.94. The van der Waals surface area contributed by atoms with Gasteiger partial charge in [0.15, 0.2) is 15.7 Å². The quantitative estimate of drug-likeness (QED) is 0.0403. The van der Waals surface area contributed by atoms with E-state index < -0.39 is 60.1 Å². The molecule has 0 spiro atoms. The number of phosphoric ester groups is 1. The summed E-state index contributed by atoms with van der Waals surface area (Å²) in [6.45, 7) is 1.04. The first-order valence-electron chi connectivity index (χ1n) is 21.1. The van der Waals surface area contributed by atoms with Gasteiger partial charge in [-0.1, -0.05) is 103 Å². The summed E-state index contributed by atoms with van der Waals surface area (Å²) in [6.07, 6.45) is 15.5. The number of ether oxygens (including phenoxy) is 3. The molecule has 336 valence electrons. The fourth-order valence-corrected chi connectivity index (χ4v) is 8.83. The summed E-state index contributed by atoms with van der Waals surface area (Å²) in [5, 5.41) is 36.1. The molecule has 0 radical (unpaired) electrons. The van der Waals surface area contributed by atoms with Gasteiger partial charge < -0.3 is 35.1 Å². The molecule has 19 heteroatoms. The molecule has 0 saturated carbocycles. The number of hydrogen-bond donors (Lipinski definition) is 4. The lowest BCUT2D eigenvalue weighted by molar-refractivity contribution is -0.0688. The first-order valence-corrected chi connectivity index (χ1v) is 24.4. The van der Waals surface area contributed by atoms with Gasteiger partial charge in [0.05, 0.1) is 37.0 Å². The van der Waals surface area contributed by atoms with Crippen molar-refractivity contribution in [1.29, 1.82) is 5.26 Å². The zero-order valence-corrected chi connectivity index (χ0v) is 36.5. The number of unbranched alkanes of at least 4 members (excludes halogenated alkanes) is 15. The zero-order chi connectivity index (χ0) is 43.6. The molecule has 6 atom stereocenters. The highest BCUT2D eigenvalue weighted by Crippen LogP contribution is 2.47. The summed E-state index contributed by atoms with van der Waals surface area (Å²) in [4.78, 5) is 14.4. The fourth-order valence-electron chi connectivity index (χ4n) is 7.24. The predicted octanol–water partition coefficient (Wildman–Crippen LogP) is 6.69. The van der Waals surface area contributed by atoms with Crippen LogP contribution in [0.2, 0.25) is 0 Å². The molecule has 3 aromatic rings. The summed E-state index contributed by atoms with van der Waals surface area (Å²) >= 11 is 0. The number of anilines is 1. The molecule has 4 rings (SSSR count). The van der Waals surface area contributed by atoms with Crippen molar-refractivity contribution in [2.75, 3.05) is 38.4 Å². The van der Waals surface area contributed by atoms with Gasteiger partial charge in [-0.05, 0) is 42.3 Å². The Morgan fingerprint density at radius 1 is 0.967 bits per heavy atom. The molecule has 1 fully saturated rings. The van der Waals surface area contributed by atoms with E-state index in [9.17, 15) is 37.7 Å². The Bertz CT molecular complexity index is 1970. The van der Waals surface area contributed by atoms with E-state index in [4.69, 9.17) is 29.0 Å². The van der Waals surface area contributed by atoms with Crippen LogP contribution in [0.1, 0.15) is 121 Å². The Balaban J connectivity index is 1.25. The van der Waals surface area contributed by atoms with Gasteiger partial charge in [0, 0.05) is 12.9 Å². The second-order valence-electron chi connectivity index (χ2n) is 15.6. The van der Waals surface area contributed by atoms with Crippen molar-refractivity contribution >= 4 is 29.0 Å². The molecular weight excluding hydrogens is 821 g/mol. The number of aliphatic hydroxyl groups is 2. The molecule has 1 saturated heterocycles. The van der Waals surface area contributed by atoms with Gasteiger partial charge in [0.25, 0.3) is 0 Å². The van der Waals surface area contributed by atoms with Crippen LogP contribution in [-0.2, 0) is 49.9 Å². The molecule has 16 nitrogen and oxygen atoms in total.